The first-order valence-corrected chi connectivity index (χ1v) is 8.77. The van der Waals surface area contributed by atoms with Crippen LogP contribution >= 0.6 is 11.3 Å². The predicted molar refractivity (Wildman–Crippen MR) is 88.8 cm³/mol. The molecule has 1 aromatic heterocycles. The van der Waals surface area contributed by atoms with Crippen LogP contribution in [0.5, 0.6) is 0 Å². The first-order valence-electron chi connectivity index (χ1n) is 7.89. The molecule has 1 N–H and O–H groups in total. The van der Waals surface area contributed by atoms with Crippen LogP contribution in [0.25, 0.3) is 0 Å². The molecule has 2 rings (SSSR count). The molecule has 5 nitrogen and oxygen atoms in total. The number of amides is 2. The third-order valence-electron chi connectivity index (χ3n) is 4.01. The highest BCUT2D eigenvalue weighted by Gasteiger charge is 2.33. The van der Waals surface area contributed by atoms with Gasteiger partial charge in [0.25, 0.3) is 0 Å². The van der Waals surface area contributed by atoms with Crippen molar-refractivity contribution in [2.24, 2.45) is 5.92 Å². The minimum atomic E-state index is -0.366. The van der Waals surface area contributed by atoms with Crippen molar-refractivity contribution >= 4 is 28.3 Å². The van der Waals surface area contributed by atoms with Crippen LogP contribution in [0.4, 0.5) is 5.13 Å². The number of carbonyl (C=O) groups excluding carboxylic acids is 2. The van der Waals surface area contributed by atoms with E-state index < -0.39 is 0 Å². The molecule has 122 valence electrons. The molecule has 1 heterocycles. The van der Waals surface area contributed by atoms with E-state index in [4.69, 9.17) is 0 Å². The molecule has 2 amide bonds. The lowest BCUT2D eigenvalue weighted by Crippen LogP contribution is -2.51. The zero-order valence-electron chi connectivity index (χ0n) is 13.6. The number of nitrogens with one attached hydrogen (secondary N) is 1. The molecule has 1 aromatic rings. The van der Waals surface area contributed by atoms with E-state index in [1.807, 2.05) is 26.2 Å². The van der Waals surface area contributed by atoms with Crippen molar-refractivity contribution in [3.63, 3.8) is 0 Å². The van der Waals surface area contributed by atoms with E-state index in [-0.39, 0.29) is 29.8 Å². The van der Waals surface area contributed by atoms with Gasteiger partial charge in [0.05, 0.1) is 0 Å². The summed E-state index contributed by atoms with van der Waals surface area (Å²) in [6.07, 6.45) is 6.97. The molecule has 6 heteroatoms. The molecule has 1 fully saturated rings. The van der Waals surface area contributed by atoms with E-state index in [1.165, 1.54) is 17.8 Å². The van der Waals surface area contributed by atoms with Crippen LogP contribution < -0.4 is 5.32 Å². The van der Waals surface area contributed by atoms with Gasteiger partial charge in [0.2, 0.25) is 11.8 Å². The SMILES string of the molecule is CC(C)(C)N(CC(=O)Nc1nccs1)C(=O)C1CCCCC1. The summed E-state index contributed by atoms with van der Waals surface area (Å²) in [4.78, 5) is 30.8. The van der Waals surface area contributed by atoms with E-state index >= 15 is 0 Å². The van der Waals surface area contributed by atoms with Crippen molar-refractivity contribution in [1.82, 2.24) is 9.88 Å². The molecule has 0 saturated heterocycles. The van der Waals surface area contributed by atoms with Crippen molar-refractivity contribution in [2.45, 2.75) is 58.4 Å². The Balaban J connectivity index is 2.02. The highest BCUT2D eigenvalue weighted by molar-refractivity contribution is 7.13. The Labute approximate surface area is 136 Å². The van der Waals surface area contributed by atoms with E-state index in [1.54, 1.807) is 11.1 Å². The number of hydrogen-bond donors (Lipinski definition) is 1. The van der Waals surface area contributed by atoms with Crippen LogP contribution in [-0.2, 0) is 9.59 Å². The van der Waals surface area contributed by atoms with E-state index in [0.29, 0.717) is 5.13 Å². The summed E-state index contributed by atoms with van der Waals surface area (Å²) in [6.45, 7) is 6.01. The average Bonchev–Trinajstić information content (AvgIpc) is 2.96. The van der Waals surface area contributed by atoms with Gasteiger partial charge in [0, 0.05) is 23.0 Å². The van der Waals surface area contributed by atoms with Gasteiger partial charge in [-0.15, -0.1) is 11.3 Å². The van der Waals surface area contributed by atoms with Crippen LogP contribution in [0.2, 0.25) is 0 Å². The van der Waals surface area contributed by atoms with Crippen LogP contribution in [0, 0.1) is 5.92 Å². The monoisotopic (exact) mass is 323 g/mol. The van der Waals surface area contributed by atoms with Crippen LogP contribution in [0.15, 0.2) is 11.6 Å². The summed E-state index contributed by atoms with van der Waals surface area (Å²) in [5.41, 5.74) is -0.366. The Morgan fingerprint density at radius 3 is 2.55 bits per heavy atom. The Morgan fingerprint density at radius 1 is 1.32 bits per heavy atom. The van der Waals surface area contributed by atoms with E-state index in [9.17, 15) is 9.59 Å². The number of nitrogens with zero attached hydrogens (tertiary/aromatic N) is 2. The topological polar surface area (TPSA) is 62.3 Å². The van der Waals surface area contributed by atoms with Gasteiger partial charge < -0.3 is 10.2 Å². The molecule has 0 unspecified atom stereocenters. The fourth-order valence-corrected chi connectivity index (χ4v) is 3.35. The molecule has 0 radical (unpaired) electrons. The molecule has 0 atom stereocenters. The number of anilines is 1. The quantitative estimate of drug-likeness (QED) is 0.925. The number of aromatic nitrogens is 1. The molecule has 1 saturated carbocycles. The van der Waals surface area contributed by atoms with Gasteiger partial charge in [-0.1, -0.05) is 19.3 Å². The zero-order chi connectivity index (χ0) is 16.2. The summed E-state index contributed by atoms with van der Waals surface area (Å²) in [5, 5.41) is 5.14. The minimum absolute atomic E-state index is 0.0700. The van der Waals surface area contributed by atoms with Crippen molar-refractivity contribution in [2.75, 3.05) is 11.9 Å². The highest BCUT2D eigenvalue weighted by Crippen LogP contribution is 2.28. The Kier molecular flexibility index (Phi) is 5.56. The summed E-state index contributed by atoms with van der Waals surface area (Å²) in [5.74, 6) is -0.00355. The first-order chi connectivity index (χ1) is 10.4. The van der Waals surface area contributed by atoms with Crippen LogP contribution in [-0.4, -0.2) is 33.8 Å². The van der Waals surface area contributed by atoms with Gasteiger partial charge in [-0.3, -0.25) is 9.59 Å². The van der Waals surface area contributed by atoms with E-state index in [2.05, 4.69) is 10.3 Å². The molecular weight excluding hydrogens is 298 g/mol. The summed E-state index contributed by atoms with van der Waals surface area (Å²) < 4.78 is 0. The highest BCUT2D eigenvalue weighted by atomic mass is 32.1. The second-order valence-corrected chi connectivity index (χ2v) is 7.71. The maximum Gasteiger partial charge on any atom is 0.245 e. The second-order valence-electron chi connectivity index (χ2n) is 6.82. The Hall–Kier alpha value is -1.43. The lowest BCUT2D eigenvalue weighted by Gasteiger charge is -2.38. The average molecular weight is 323 g/mol. The Morgan fingerprint density at radius 2 is 2.00 bits per heavy atom. The van der Waals surface area contributed by atoms with Gasteiger partial charge in [-0.05, 0) is 33.6 Å². The molecule has 1 aliphatic carbocycles. The number of thiazole rings is 1. The van der Waals surface area contributed by atoms with Crippen molar-refractivity contribution in [3.8, 4) is 0 Å². The predicted octanol–water partition coefficient (Wildman–Crippen LogP) is 3.29. The number of carbonyl (C=O) groups is 2. The smallest absolute Gasteiger partial charge is 0.245 e. The molecule has 0 spiro atoms. The van der Waals surface area contributed by atoms with Gasteiger partial charge in [-0.2, -0.15) is 0 Å². The fourth-order valence-electron chi connectivity index (χ4n) is 2.80. The van der Waals surface area contributed by atoms with Crippen molar-refractivity contribution in [1.29, 1.82) is 0 Å². The van der Waals surface area contributed by atoms with Crippen LogP contribution in [0.3, 0.4) is 0 Å². The lowest BCUT2D eigenvalue weighted by atomic mass is 9.87. The minimum Gasteiger partial charge on any atom is -0.328 e. The molecule has 0 aromatic carbocycles. The third-order valence-corrected chi connectivity index (χ3v) is 4.70. The van der Waals surface area contributed by atoms with E-state index in [0.717, 1.165) is 25.7 Å². The molecule has 0 aliphatic heterocycles. The summed E-state index contributed by atoms with van der Waals surface area (Å²) in [7, 11) is 0. The first kappa shape index (κ1) is 16.9. The number of hydrogen-bond acceptors (Lipinski definition) is 4. The van der Waals surface area contributed by atoms with Crippen LogP contribution in [0.1, 0.15) is 52.9 Å². The molecule has 1 aliphatic rings. The normalized spacial score (nSPS) is 16.3. The standard InChI is InChI=1S/C16H25N3O2S/c1-16(2,3)19(14(21)12-7-5-4-6-8-12)11-13(20)18-15-17-9-10-22-15/h9-10,12H,4-8,11H2,1-3H3,(H,17,18,20). The zero-order valence-corrected chi connectivity index (χ0v) is 14.4. The third kappa shape index (κ3) is 4.53. The molecular formula is C16H25N3O2S. The van der Waals surface area contributed by atoms with Crippen molar-refractivity contribution in [3.05, 3.63) is 11.6 Å². The van der Waals surface area contributed by atoms with Gasteiger partial charge in [0.15, 0.2) is 5.13 Å². The number of rotatable bonds is 4. The maximum atomic E-state index is 12.8. The fraction of sp³-hybridized carbons (Fsp3) is 0.688. The Bertz CT molecular complexity index is 502. The lowest BCUT2D eigenvalue weighted by molar-refractivity contribution is -0.144. The maximum absolute atomic E-state index is 12.8. The van der Waals surface area contributed by atoms with Gasteiger partial charge in [0.1, 0.15) is 6.54 Å². The molecule has 0 bridgehead atoms. The van der Waals surface area contributed by atoms with Gasteiger partial charge in [-0.25, -0.2) is 4.98 Å². The summed E-state index contributed by atoms with van der Waals surface area (Å²) >= 11 is 1.38. The largest absolute Gasteiger partial charge is 0.328 e. The summed E-state index contributed by atoms with van der Waals surface area (Å²) in [6, 6.07) is 0. The second kappa shape index (κ2) is 7.22. The molecule has 22 heavy (non-hydrogen) atoms. The van der Waals surface area contributed by atoms with Gasteiger partial charge >= 0.3 is 0 Å². The van der Waals surface area contributed by atoms with Crippen molar-refractivity contribution < 1.29 is 9.59 Å².